The molecule has 162 valence electrons. The standard InChI is InChI=1S/C23H34O6/c1-20-6-3-17-18(4-8-22(27)11-15(25)2-7-21(17,22)13-24)23(20,28)9-5-16(20)14-10-19(26)29-12-14/h10,15-18,24-25,27-28H,2-9,11-13H2,1H3/t15-,16+,17-,18+,20+,21+,22+,23+/m1/s1. The Kier molecular flexibility index (Phi) is 4.33. The van der Waals surface area contributed by atoms with E-state index in [2.05, 4.69) is 6.92 Å². The number of fused-ring (bicyclic) bond motifs is 5. The fourth-order valence-corrected chi connectivity index (χ4v) is 8.52. The van der Waals surface area contributed by atoms with Crippen molar-refractivity contribution in [2.45, 2.75) is 82.0 Å². The summed E-state index contributed by atoms with van der Waals surface area (Å²) in [5.41, 5.74) is -1.88. The van der Waals surface area contributed by atoms with Crippen molar-refractivity contribution in [3.8, 4) is 0 Å². The zero-order valence-electron chi connectivity index (χ0n) is 17.3. The minimum atomic E-state index is -1.06. The van der Waals surface area contributed by atoms with Crippen LogP contribution in [-0.2, 0) is 9.53 Å². The molecule has 4 N–H and O–H groups in total. The highest BCUT2D eigenvalue weighted by Crippen LogP contribution is 2.70. The van der Waals surface area contributed by atoms with E-state index >= 15 is 0 Å². The number of cyclic esters (lactones) is 1. The molecule has 0 bridgehead atoms. The van der Waals surface area contributed by atoms with Crippen molar-refractivity contribution in [1.29, 1.82) is 0 Å². The summed E-state index contributed by atoms with van der Waals surface area (Å²) in [4.78, 5) is 11.6. The van der Waals surface area contributed by atoms with E-state index in [1.54, 1.807) is 6.08 Å². The van der Waals surface area contributed by atoms with Crippen molar-refractivity contribution in [3.05, 3.63) is 11.6 Å². The van der Waals surface area contributed by atoms with E-state index in [4.69, 9.17) is 4.74 Å². The Morgan fingerprint density at radius 2 is 1.83 bits per heavy atom. The first-order valence-electron chi connectivity index (χ1n) is 11.3. The third kappa shape index (κ3) is 2.40. The molecule has 0 spiro atoms. The van der Waals surface area contributed by atoms with E-state index in [9.17, 15) is 25.2 Å². The largest absolute Gasteiger partial charge is 0.458 e. The lowest BCUT2D eigenvalue weighted by Crippen LogP contribution is -2.69. The molecule has 5 aliphatic rings. The smallest absolute Gasteiger partial charge is 0.331 e. The van der Waals surface area contributed by atoms with E-state index in [1.807, 2.05) is 0 Å². The van der Waals surface area contributed by atoms with Crippen LogP contribution in [0.3, 0.4) is 0 Å². The van der Waals surface area contributed by atoms with Gasteiger partial charge in [0.25, 0.3) is 0 Å². The van der Waals surface area contributed by atoms with E-state index in [0.29, 0.717) is 45.1 Å². The summed E-state index contributed by atoms with van der Waals surface area (Å²) in [5.74, 6) is -0.0760. The average Bonchev–Trinajstić information content (AvgIpc) is 3.21. The van der Waals surface area contributed by atoms with Gasteiger partial charge in [0, 0.05) is 23.3 Å². The average molecular weight is 407 g/mol. The first-order valence-corrected chi connectivity index (χ1v) is 11.3. The van der Waals surface area contributed by atoms with Crippen LogP contribution in [0.5, 0.6) is 0 Å². The highest BCUT2D eigenvalue weighted by Gasteiger charge is 2.71. The monoisotopic (exact) mass is 406 g/mol. The molecule has 29 heavy (non-hydrogen) atoms. The van der Waals surface area contributed by atoms with Crippen LogP contribution >= 0.6 is 0 Å². The molecular weight excluding hydrogens is 372 g/mol. The highest BCUT2D eigenvalue weighted by atomic mass is 16.5. The van der Waals surface area contributed by atoms with Crippen molar-refractivity contribution in [1.82, 2.24) is 0 Å². The van der Waals surface area contributed by atoms with Gasteiger partial charge in [0.1, 0.15) is 6.61 Å². The van der Waals surface area contributed by atoms with Crippen molar-refractivity contribution in [2.75, 3.05) is 13.2 Å². The van der Waals surface area contributed by atoms with Gasteiger partial charge in [0.05, 0.1) is 23.9 Å². The molecule has 4 aliphatic carbocycles. The van der Waals surface area contributed by atoms with Gasteiger partial charge >= 0.3 is 5.97 Å². The molecule has 0 aromatic rings. The fraction of sp³-hybridized carbons (Fsp3) is 0.870. The summed E-state index contributed by atoms with van der Waals surface area (Å²) in [6.07, 6.45) is 7.02. The van der Waals surface area contributed by atoms with Gasteiger partial charge in [0.15, 0.2) is 0 Å². The number of esters is 1. The third-order valence-corrected chi connectivity index (χ3v) is 10.1. The first kappa shape index (κ1) is 20.0. The summed E-state index contributed by atoms with van der Waals surface area (Å²) in [6, 6.07) is 0. The van der Waals surface area contributed by atoms with Crippen LogP contribution in [0.4, 0.5) is 0 Å². The van der Waals surface area contributed by atoms with Gasteiger partial charge in [-0.05, 0) is 74.7 Å². The molecule has 0 aromatic heterocycles. The molecule has 0 unspecified atom stereocenters. The lowest BCUT2D eigenvalue weighted by atomic mass is 9.41. The molecule has 0 amide bonds. The van der Waals surface area contributed by atoms with E-state index in [1.165, 1.54) is 0 Å². The Labute approximate surface area is 172 Å². The van der Waals surface area contributed by atoms with Crippen molar-refractivity contribution >= 4 is 5.97 Å². The molecule has 5 rings (SSSR count). The zero-order chi connectivity index (χ0) is 20.7. The van der Waals surface area contributed by atoms with Crippen LogP contribution in [0.15, 0.2) is 11.6 Å². The second-order valence-corrected chi connectivity index (χ2v) is 10.8. The Bertz CT molecular complexity index is 750. The summed E-state index contributed by atoms with van der Waals surface area (Å²) < 4.78 is 5.17. The van der Waals surface area contributed by atoms with E-state index in [0.717, 1.165) is 24.8 Å². The summed E-state index contributed by atoms with van der Waals surface area (Å²) in [6.45, 7) is 2.41. The summed E-state index contributed by atoms with van der Waals surface area (Å²) in [5, 5.41) is 44.4. The fourth-order valence-electron chi connectivity index (χ4n) is 8.52. The quantitative estimate of drug-likeness (QED) is 0.520. The number of hydrogen-bond acceptors (Lipinski definition) is 6. The molecule has 6 heteroatoms. The normalized spacial score (nSPS) is 54.2. The summed E-state index contributed by atoms with van der Waals surface area (Å²) in [7, 11) is 0. The predicted octanol–water partition coefficient (Wildman–Crippen LogP) is 1.69. The topological polar surface area (TPSA) is 107 Å². The molecule has 0 radical (unpaired) electrons. The lowest BCUT2D eigenvalue weighted by molar-refractivity contribution is -0.269. The molecule has 1 aliphatic heterocycles. The minimum Gasteiger partial charge on any atom is -0.458 e. The van der Waals surface area contributed by atoms with Gasteiger partial charge in [-0.1, -0.05) is 6.92 Å². The van der Waals surface area contributed by atoms with Gasteiger partial charge in [-0.2, -0.15) is 0 Å². The molecule has 4 saturated carbocycles. The van der Waals surface area contributed by atoms with Crippen molar-refractivity contribution in [3.63, 3.8) is 0 Å². The van der Waals surface area contributed by atoms with Crippen LogP contribution < -0.4 is 0 Å². The first-order chi connectivity index (χ1) is 13.7. The predicted molar refractivity (Wildman–Crippen MR) is 105 cm³/mol. The molecular formula is C23H34O6. The lowest BCUT2D eigenvalue weighted by Gasteiger charge is -2.66. The number of hydrogen-bond donors (Lipinski definition) is 4. The third-order valence-electron chi connectivity index (χ3n) is 10.1. The second kappa shape index (κ2) is 6.28. The van der Waals surface area contributed by atoms with Crippen LogP contribution in [0.25, 0.3) is 0 Å². The Balaban J connectivity index is 1.51. The molecule has 0 saturated heterocycles. The SMILES string of the molecule is C[C@@]12CC[C@@H]3[C@H](CC[C@]4(O)C[C@H](O)CC[C@]34CO)[C@@]1(O)CC[C@H]2C1=CC(=O)OC1. The molecule has 1 heterocycles. The van der Waals surface area contributed by atoms with Gasteiger partial charge < -0.3 is 25.2 Å². The number of rotatable bonds is 2. The zero-order valence-corrected chi connectivity index (χ0v) is 17.3. The second-order valence-electron chi connectivity index (χ2n) is 10.8. The minimum absolute atomic E-state index is 0.0209. The van der Waals surface area contributed by atoms with Gasteiger partial charge in [-0.3, -0.25) is 0 Å². The van der Waals surface area contributed by atoms with E-state index in [-0.39, 0.29) is 35.7 Å². The number of carbonyl (C=O) groups excluding carboxylic acids is 1. The van der Waals surface area contributed by atoms with Crippen molar-refractivity contribution < 1.29 is 30.0 Å². The number of ether oxygens (including phenoxy) is 1. The maximum atomic E-state index is 12.1. The number of aliphatic hydroxyl groups is 4. The number of carbonyl (C=O) groups is 1. The van der Waals surface area contributed by atoms with E-state index < -0.39 is 22.7 Å². The van der Waals surface area contributed by atoms with Gasteiger partial charge in [-0.25, -0.2) is 4.79 Å². The maximum absolute atomic E-state index is 12.1. The molecule has 6 nitrogen and oxygen atoms in total. The highest BCUT2D eigenvalue weighted by molar-refractivity contribution is 5.85. The van der Waals surface area contributed by atoms with Crippen LogP contribution in [0, 0.1) is 28.6 Å². The maximum Gasteiger partial charge on any atom is 0.331 e. The van der Waals surface area contributed by atoms with Crippen molar-refractivity contribution in [2.24, 2.45) is 28.6 Å². The Morgan fingerprint density at radius 3 is 2.52 bits per heavy atom. The molecule has 8 atom stereocenters. The van der Waals surface area contributed by atoms with Crippen LogP contribution in [0.1, 0.15) is 64.7 Å². The molecule has 0 aromatic carbocycles. The van der Waals surface area contributed by atoms with Crippen LogP contribution in [0.2, 0.25) is 0 Å². The number of aliphatic hydroxyl groups excluding tert-OH is 2. The van der Waals surface area contributed by atoms with Crippen LogP contribution in [-0.4, -0.2) is 56.9 Å². The Morgan fingerprint density at radius 1 is 1.07 bits per heavy atom. The Hall–Kier alpha value is -0.950. The summed E-state index contributed by atoms with van der Waals surface area (Å²) >= 11 is 0. The van der Waals surface area contributed by atoms with Gasteiger partial charge in [0.2, 0.25) is 0 Å². The van der Waals surface area contributed by atoms with Gasteiger partial charge in [-0.15, -0.1) is 0 Å². The molecule has 4 fully saturated rings.